The SMILES string of the molecule is O=C(O)CCC/C=C\C[C@@H]1[C@@H](/C=C/[C@@H](F)COc2ccccc2)[C@H](O)C[C@@H]1O. The molecule has 5 atom stereocenters. The standard InChI is InChI=1S/C22H29FO5/c23-16(15-28-17-8-4-3-5-9-17)12-13-19-18(20(24)14-21(19)25)10-6-1-2-7-11-22(26)27/h1,3-6,8-9,12-13,16,18-21,24-25H,2,7,10-11,14-15H2,(H,26,27)/b6-1-,13-12+/t16-,18-,19-,20+,21-/m1/s1. The second kappa shape index (κ2) is 11.6. The number of aliphatic carboxylic acids is 1. The lowest BCUT2D eigenvalue weighted by Crippen LogP contribution is -2.20. The predicted molar refractivity (Wildman–Crippen MR) is 105 cm³/mol. The van der Waals surface area contributed by atoms with E-state index in [2.05, 4.69) is 0 Å². The number of hydrogen-bond acceptors (Lipinski definition) is 4. The third-order valence-corrected chi connectivity index (χ3v) is 4.95. The molecule has 0 radical (unpaired) electrons. The van der Waals surface area contributed by atoms with Gasteiger partial charge in [-0.2, -0.15) is 0 Å². The molecule has 0 amide bonds. The minimum Gasteiger partial charge on any atom is -0.490 e. The number of hydrogen-bond donors (Lipinski definition) is 3. The fraction of sp³-hybridized carbons (Fsp3) is 0.500. The van der Waals surface area contributed by atoms with Crippen LogP contribution in [0.4, 0.5) is 4.39 Å². The first kappa shape index (κ1) is 22.1. The minimum absolute atomic E-state index is 0.111. The van der Waals surface area contributed by atoms with Crippen LogP contribution in [-0.4, -0.2) is 46.3 Å². The highest BCUT2D eigenvalue weighted by Crippen LogP contribution is 2.36. The van der Waals surface area contributed by atoms with Gasteiger partial charge >= 0.3 is 5.97 Å². The Morgan fingerprint density at radius 2 is 1.96 bits per heavy atom. The first-order valence-electron chi connectivity index (χ1n) is 9.70. The largest absolute Gasteiger partial charge is 0.490 e. The van der Waals surface area contributed by atoms with Gasteiger partial charge in [-0.25, -0.2) is 4.39 Å². The molecule has 1 fully saturated rings. The van der Waals surface area contributed by atoms with Crippen molar-refractivity contribution in [3.05, 3.63) is 54.6 Å². The monoisotopic (exact) mass is 392 g/mol. The van der Waals surface area contributed by atoms with Gasteiger partial charge in [-0.3, -0.25) is 4.79 Å². The third-order valence-electron chi connectivity index (χ3n) is 4.95. The van der Waals surface area contributed by atoms with E-state index in [-0.39, 0.29) is 31.3 Å². The van der Waals surface area contributed by atoms with E-state index in [4.69, 9.17) is 9.84 Å². The molecule has 3 N–H and O–H groups in total. The molecule has 28 heavy (non-hydrogen) atoms. The number of carboxylic acids is 1. The summed E-state index contributed by atoms with van der Waals surface area (Å²) in [6.45, 7) is -0.111. The van der Waals surface area contributed by atoms with E-state index in [0.29, 0.717) is 25.0 Å². The minimum atomic E-state index is -1.31. The zero-order valence-electron chi connectivity index (χ0n) is 15.9. The summed E-state index contributed by atoms with van der Waals surface area (Å²) in [5.74, 6) is -0.733. The quantitative estimate of drug-likeness (QED) is 0.396. The highest BCUT2D eigenvalue weighted by molar-refractivity contribution is 5.66. The fourth-order valence-electron chi connectivity index (χ4n) is 3.45. The van der Waals surface area contributed by atoms with Crippen LogP contribution in [0.15, 0.2) is 54.6 Å². The first-order chi connectivity index (χ1) is 13.5. The van der Waals surface area contributed by atoms with Crippen molar-refractivity contribution in [1.29, 1.82) is 0 Å². The molecular weight excluding hydrogens is 363 g/mol. The van der Waals surface area contributed by atoms with Crippen LogP contribution in [0.2, 0.25) is 0 Å². The molecule has 1 aliphatic rings. The molecule has 2 rings (SSSR count). The summed E-state index contributed by atoms with van der Waals surface area (Å²) >= 11 is 0. The van der Waals surface area contributed by atoms with Crippen LogP contribution < -0.4 is 4.74 Å². The maximum absolute atomic E-state index is 14.1. The van der Waals surface area contributed by atoms with Crippen molar-refractivity contribution in [2.24, 2.45) is 11.8 Å². The zero-order valence-corrected chi connectivity index (χ0v) is 15.9. The number of carboxylic acid groups (broad SMARTS) is 1. The Labute approximate surface area is 165 Å². The maximum Gasteiger partial charge on any atom is 0.303 e. The second-order valence-corrected chi connectivity index (χ2v) is 7.13. The van der Waals surface area contributed by atoms with Crippen molar-refractivity contribution in [1.82, 2.24) is 0 Å². The normalized spacial score (nSPS) is 26.1. The number of rotatable bonds is 11. The summed E-state index contributed by atoms with van der Waals surface area (Å²) in [5, 5.41) is 29.0. The highest BCUT2D eigenvalue weighted by Gasteiger charge is 2.39. The van der Waals surface area contributed by atoms with E-state index < -0.39 is 24.3 Å². The summed E-state index contributed by atoms with van der Waals surface area (Å²) in [5.41, 5.74) is 0. The topological polar surface area (TPSA) is 87.0 Å². The number of aliphatic hydroxyl groups is 2. The van der Waals surface area contributed by atoms with Crippen molar-refractivity contribution < 1.29 is 29.2 Å². The van der Waals surface area contributed by atoms with Gasteiger partial charge in [0.15, 0.2) is 6.17 Å². The van der Waals surface area contributed by atoms with E-state index in [1.807, 2.05) is 30.4 Å². The Kier molecular flexibility index (Phi) is 9.17. The van der Waals surface area contributed by atoms with Crippen LogP contribution in [0.25, 0.3) is 0 Å². The molecule has 0 heterocycles. The molecule has 5 nitrogen and oxygen atoms in total. The average molecular weight is 392 g/mol. The number of alkyl halides is 1. The zero-order chi connectivity index (χ0) is 20.4. The lowest BCUT2D eigenvalue weighted by molar-refractivity contribution is -0.137. The van der Waals surface area contributed by atoms with Gasteiger partial charge in [0.2, 0.25) is 0 Å². The lowest BCUT2D eigenvalue weighted by Gasteiger charge is -2.19. The highest BCUT2D eigenvalue weighted by atomic mass is 19.1. The summed E-state index contributed by atoms with van der Waals surface area (Å²) in [6, 6.07) is 8.99. The smallest absolute Gasteiger partial charge is 0.303 e. The molecule has 6 heteroatoms. The molecule has 0 saturated heterocycles. The van der Waals surface area contributed by atoms with Gasteiger partial charge in [-0.15, -0.1) is 0 Å². The summed E-state index contributed by atoms with van der Waals surface area (Å²) < 4.78 is 19.5. The Morgan fingerprint density at radius 3 is 2.68 bits per heavy atom. The van der Waals surface area contributed by atoms with E-state index in [0.717, 1.165) is 0 Å². The summed E-state index contributed by atoms with van der Waals surface area (Å²) in [6.07, 6.45) is 6.33. The molecular formula is C22H29FO5. The second-order valence-electron chi connectivity index (χ2n) is 7.13. The Bertz CT molecular complexity index is 646. The molecule has 1 saturated carbocycles. The number of carbonyl (C=O) groups is 1. The Balaban J connectivity index is 1.82. The Morgan fingerprint density at radius 1 is 1.21 bits per heavy atom. The molecule has 154 valence electrons. The first-order valence-corrected chi connectivity index (χ1v) is 9.70. The van der Waals surface area contributed by atoms with E-state index in [9.17, 15) is 19.4 Å². The number of para-hydroxylation sites is 1. The average Bonchev–Trinajstić information content (AvgIpc) is 2.94. The molecule has 1 aromatic rings. The molecule has 1 aliphatic carbocycles. The van der Waals surface area contributed by atoms with Crippen molar-refractivity contribution in [2.75, 3.05) is 6.61 Å². The van der Waals surface area contributed by atoms with Gasteiger partial charge in [0, 0.05) is 18.8 Å². The van der Waals surface area contributed by atoms with Gasteiger partial charge < -0.3 is 20.1 Å². The molecule has 1 aromatic carbocycles. The van der Waals surface area contributed by atoms with E-state index >= 15 is 0 Å². The van der Waals surface area contributed by atoms with Crippen molar-refractivity contribution in [3.8, 4) is 5.75 Å². The number of ether oxygens (including phenoxy) is 1. The fourth-order valence-corrected chi connectivity index (χ4v) is 3.45. The number of allylic oxidation sites excluding steroid dienone is 2. The van der Waals surface area contributed by atoms with E-state index in [1.165, 1.54) is 6.08 Å². The number of aliphatic hydroxyl groups excluding tert-OH is 2. The molecule has 0 aromatic heterocycles. The van der Waals surface area contributed by atoms with Crippen molar-refractivity contribution in [2.45, 2.75) is 50.5 Å². The van der Waals surface area contributed by atoms with E-state index in [1.54, 1.807) is 18.2 Å². The maximum atomic E-state index is 14.1. The van der Waals surface area contributed by atoms with Crippen LogP contribution in [0, 0.1) is 11.8 Å². The number of unbranched alkanes of at least 4 members (excludes halogenated alkanes) is 1. The molecule has 0 aliphatic heterocycles. The van der Waals surface area contributed by atoms with Crippen LogP contribution >= 0.6 is 0 Å². The van der Waals surface area contributed by atoms with Crippen LogP contribution in [0.3, 0.4) is 0 Å². The molecule has 0 bridgehead atoms. The summed E-state index contributed by atoms with van der Waals surface area (Å²) in [4.78, 5) is 10.5. The van der Waals surface area contributed by atoms with Crippen LogP contribution in [0.1, 0.15) is 32.1 Å². The van der Waals surface area contributed by atoms with Gasteiger partial charge in [-0.1, -0.05) is 42.5 Å². The van der Waals surface area contributed by atoms with Gasteiger partial charge in [-0.05, 0) is 37.3 Å². The van der Waals surface area contributed by atoms with Crippen LogP contribution in [-0.2, 0) is 4.79 Å². The Hall–Kier alpha value is -2.18. The lowest BCUT2D eigenvalue weighted by atomic mass is 9.89. The molecule has 0 unspecified atom stereocenters. The van der Waals surface area contributed by atoms with Gasteiger partial charge in [0.1, 0.15) is 12.4 Å². The third kappa shape index (κ3) is 7.44. The number of halogens is 1. The van der Waals surface area contributed by atoms with Crippen LogP contribution in [0.5, 0.6) is 5.75 Å². The molecule has 0 spiro atoms. The van der Waals surface area contributed by atoms with Gasteiger partial charge in [0.25, 0.3) is 0 Å². The predicted octanol–water partition coefficient (Wildman–Crippen LogP) is 3.52. The number of benzene rings is 1. The van der Waals surface area contributed by atoms with Crippen molar-refractivity contribution >= 4 is 5.97 Å². The summed E-state index contributed by atoms with van der Waals surface area (Å²) in [7, 11) is 0. The van der Waals surface area contributed by atoms with Gasteiger partial charge in [0.05, 0.1) is 12.2 Å². The van der Waals surface area contributed by atoms with Crippen molar-refractivity contribution in [3.63, 3.8) is 0 Å².